The molecule has 0 aromatic heterocycles. The van der Waals surface area contributed by atoms with Gasteiger partial charge in [0, 0.05) is 18.5 Å². The smallest absolute Gasteiger partial charge is 0.328 e. The molecule has 8 heteroatoms. The van der Waals surface area contributed by atoms with Crippen molar-refractivity contribution in [2.75, 3.05) is 20.3 Å². The van der Waals surface area contributed by atoms with Crippen molar-refractivity contribution in [2.24, 2.45) is 5.92 Å². The molecule has 1 aliphatic rings. The Morgan fingerprint density at radius 2 is 2.27 bits per heavy atom. The average molecular weight is 381 g/mol. The second-order valence-electron chi connectivity index (χ2n) is 6.04. The van der Waals surface area contributed by atoms with E-state index in [0.29, 0.717) is 5.02 Å². The van der Waals surface area contributed by atoms with E-state index in [9.17, 15) is 19.5 Å². The highest BCUT2D eigenvalue weighted by atomic mass is 35.5. The Kier molecular flexibility index (Phi) is 6.76. The molecule has 3 unspecified atom stereocenters. The minimum absolute atomic E-state index is 0.000628. The Morgan fingerprint density at radius 3 is 2.88 bits per heavy atom. The van der Waals surface area contributed by atoms with Crippen LogP contribution in [0.4, 0.5) is 0 Å². The maximum Gasteiger partial charge on any atom is 0.328 e. The fourth-order valence-corrected chi connectivity index (χ4v) is 3.17. The predicted octanol–water partition coefficient (Wildman–Crippen LogP) is 1.63. The van der Waals surface area contributed by atoms with Gasteiger partial charge in [0.15, 0.2) is 6.04 Å². The summed E-state index contributed by atoms with van der Waals surface area (Å²) in [5.41, 5.74) is 0.723. The van der Waals surface area contributed by atoms with Crippen LogP contribution in [0.2, 0.25) is 5.02 Å². The number of nitrogens with one attached hydrogen (secondary N) is 1. The fourth-order valence-electron chi connectivity index (χ4n) is 2.97. The van der Waals surface area contributed by atoms with Crippen LogP contribution in [0.1, 0.15) is 18.0 Å². The molecule has 140 valence electrons. The molecule has 1 heterocycles. The van der Waals surface area contributed by atoms with Crippen molar-refractivity contribution in [1.29, 1.82) is 0 Å². The highest BCUT2D eigenvalue weighted by Crippen LogP contribution is 2.37. The molecule has 7 nitrogen and oxygen atoms in total. The van der Waals surface area contributed by atoms with E-state index >= 15 is 0 Å². The van der Waals surface area contributed by atoms with Gasteiger partial charge >= 0.3 is 5.97 Å². The van der Waals surface area contributed by atoms with Gasteiger partial charge in [-0.3, -0.25) is 9.59 Å². The summed E-state index contributed by atoms with van der Waals surface area (Å²) in [6, 6.07) is 5.21. The first-order valence-electron chi connectivity index (χ1n) is 8.08. The van der Waals surface area contributed by atoms with Gasteiger partial charge in [0.25, 0.3) is 0 Å². The molecular formula is C18H21ClN2O5. The van der Waals surface area contributed by atoms with Gasteiger partial charge in [-0.15, -0.1) is 6.58 Å². The molecule has 26 heavy (non-hydrogen) atoms. The van der Waals surface area contributed by atoms with Crippen molar-refractivity contribution < 1.29 is 24.2 Å². The van der Waals surface area contributed by atoms with Crippen LogP contribution in [-0.4, -0.2) is 54.1 Å². The average Bonchev–Trinajstić information content (AvgIpc) is 2.89. The number of ether oxygens (including phenoxy) is 1. The first kappa shape index (κ1) is 19.9. The van der Waals surface area contributed by atoms with E-state index in [1.165, 1.54) is 11.0 Å². The van der Waals surface area contributed by atoms with Gasteiger partial charge in [-0.1, -0.05) is 29.8 Å². The van der Waals surface area contributed by atoms with Crippen molar-refractivity contribution in [3.63, 3.8) is 0 Å². The van der Waals surface area contributed by atoms with Crippen LogP contribution >= 0.6 is 11.6 Å². The third kappa shape index (κ3) is 4.62. The van der Waals surface area contributed by atoms with Gasteiger partial charge in [0.1, 0.15) is 0 Å². The van der Waals surface area contributed by atoms with Gasteiger partial charge in [0.2, 0.25) is 11.8 Å². The van der Waals surface area contributed by atoms with E-state index in [4.69, 9.17) is 16.3 Å². The number of carbonyl (C=O) groups is 3. The highest BCUT2D eigenvalue weighted by Gasteiger charge is 2.43. The summed E-state index contributed by atoms with van der Waals surface area (Å²) in [6.45, 7) is 3.47. The SMILES string of the molecule is C=CCOCC(NC(=O)C1CC(=O)N(C)C1c1cccc(Cl)c1)C(=O)O. The number of carboxylic acids is 1. The van der Waals surface area contributed by atoms with Crippen LogP contribution in [-0.2, 0) is 19.1 Å². The molecule has 2 N–H and O–H groups in total. The van der Waals surface area contributed by atoms with Crippen molar-refractivity contribution in [1.82, 2.24) is 10.2 Å². The van der Waals surface area contributed by atoms with Crippen LogP contribution < -0.4 is 5.32 Å². The number of aliphatic carboxylic acids is 1. The highest BCUT2D eigenvalue weighted by molar-refractivity contribution is 6.30. The molecule has 1 saturated heterocycles. The lowest BCUT2D eigenvalue weighted by molar-refractivity contribution is -0.144. The minimum atomic E-state index is -1.21. The summed E-state index contributed by atoms with van der Waals surface area (Å²) in [4.78, 5) is 37.7. The molecule has 2 amide bonds. The fraction of sp³-hybridized carbons (Fsp3) is 0.389. The van der Waals surface area contributed by atoms with Gasteiger partial charge in [-0.05, 0) is 17.7 Å². The number of nitrogens with zero attached hydrogens (tertiary/aromatic N) is 1. The zero-order valence-corrected chi connectivity index (χ0v) is 15.1. The lowest BCUT2D eigenvalue weighted by Gasteiger charge is -2.26. The monoisotopic (exact) mass is 380 g/mol. The lowest BCUT2D eigenvalue weighted by Crippen LogP contribution is -2.47. The Hall–Kier alpha value is -2.38. The molecule has 0 aliphatic carbocycles. The molecule has 3 atom stereocenters. The summed E-state index contributed by atoms with van der Waals surface area (Å²) in [5.74, 6) is -2.63. The van der Waals surface area contributed by atoms with Crippen molar-refractivity contribution >= 4 is 29.4 Å². The number of carbonyl (C=O) groups excluding carboxylic acids is 2. The molecule has 2 rings (SSSR count). The zero-order chi connectivity index (χ0) is 19.3. The summed E-state index contributed by atoms with van der Waals surface area (Å²) in [6.07, 6.45) is 1.49. The zero-order valence-electron chi connectivity index (χ0n) is 14.4. The predicted molar refractivity (Wildman–Crippen MR) is 95.7 cm³/mol. The van der Waals surface area contributed by atoms with E-state index in [-0.39, 0.29) is 25.5 Å². The van der Waals surface area contributed by atoms with Gasteiger partial charge < -0.3 is 20.1 Å². The standard InChI is InChI=1S/C18H21ClN2O5/c1-3-7-26-10-14(18(24)25)20-17(23)13-9-15(22)21(2)16(13)11-5-4-6-12(19)8-11/h3-6,8,13-14,16H,1,7,9-10H2,2H3,(H,20,23)(H,24,25). The third-order valence-corrected chi connectivity index (χ3v) is 4.48. The normalized spacial score (nSPS) is 20.7. The number of halogens is 1. The van der Waals surface area contributed by atoms with Crippen molar-refractivity contribution in [3.05, 3.63) is 47.5 Å². The first-order chi connectivity index (χ1) is 12.3. The maximum absolute atomic E-state index is 12.7. The number of hydrogen-bond acceptors (Lipinski definition) is 4. The van der Waals surface area contributed by atoms with Crippen LogP contribution in [0.3, 0.4) is 0 Å². The molecule has 0 bridgehead atoms. The van der Waals surface area contributed by atoms with Gasteiger partial charge in [-0.25, -0.2) is 4.79 Å². The number of benzene rings is 1. The van der Waals surface area contributed by atoms with E-state index in [0.717, 1.165) is 5.56 Å². The molecule has 0 saturated carbocycles. The molecule has 1 aromatic carbocycles. The Labute approximate surface area is 156 Å². The number of carboxylic acid groups (broad SMARTS) is 1. The molecule has 1 fully saturated rings. The summed E-state index contributed by atoms with van der Waals surface area (Å²) < 4.78 is 5.13. The number of hydrogen-bond donors (Lipinski definition) is 2. The van der Waals surface area contributed by atoms with Crippen LogP contribution in [0.5, 0.6) is 0 Å². The first-order valence-corrected chi connectivity index (χ1v) is 8.46. The molecule has 1 aromatic rings. The topological polar surface area (TPSA) is 95.9 Å². The van der Waals surface area contributed by atoms with E-state index in [1.54, 1.807) is 31.3 Å². The van der Waals surface area contributed by atoms with Crippen LogP contribution in [0, 0.1) is 5.92 Å². The lowest BCUT2D eigenvalue weighted by atomic mass is 9.92. The van der Waals surface area contributed by atoms with E-state index in [2.05, 4.69) is 11.9 Å². The number of likely N-dealkylation sites (tertiary alicyclic amines) is 1. The Bertz CT molecular complexity index is 709. The Morgan fingerprint density at radius 1 is 1.54 bits per heavy atom. The quantitative estimate of drug-likeness (QED) is 0.528. The van der Waals surface area contributed by atoms with E-state index < -0.39 is 29.9 Å². The van der Waals surface area contributed by atoms with Crippen molar-refractivity contribution in [2.45, 2.75) is 18.5 Å². The van der Waals surface area contributed by atoms with Gasteiger partial charge in [-0.2, -0.15) is 0 Å². The summed E-state index contributed by atoms with van der Waals surface area (Å²) >= 11 is 6.03. The Balaban J connectivity index is 2.17. The van der Waals surface area contributed by atoms with Crippen LogP contribution in [0.25, 0.3) is 0 Å². The minimum Gasteiger partial charge on any atom is -0.480 e. The second kappa shape index (κ2) is 8.82. The van der Waals surface area contributed by atoms with Gasteiger partial charge in [0.05, 0.1) is 25.2 Å². The van der Waals surface area contributed by atoms with E-state index in [1.807, 2.05) is 0 Å². The molecular weight excluding hydrogens is 360 g/mol. The second-order valence-corrected chi connectivity index (χ2v) is 6.48. The molecule has 1 aliphatic heterocycles. The molecule has 0 spiro atoms. The maximum atomic E-state index is 12.7. The number of rotatable bonds is 8. The van der Waals surface area contributed by atoms with Crippen LogP contribution in [0.15, 0.2) is 36.9 Å². The van der Waals surface area contributed by atoms with Crippen molar-refractivity contribution in [3.8, 4) is 0 Å². The third-order valence-electron chi connectivity index (χ3n) is 4.25. The largest absolute Gasteiger partial charge is 0.480 e. The summed E-state index contributed by atoms with van der Waals surface area (Å²) in [5, 5.41) is 12.2. The summed E-state index contributed by atoms with van der Waals surface area (Å²) in [7, 11) is 1.61. The number of amides is 2. The molecule has 0 radical (unpaired) electrons.